The van der Waals surface area contributed by atoms with Crippen molar-refractivity contribution >= 4 is 43.6 Å². The van der Waals surface area contributed by atoms with E-state index in [-0.39, 0.29) is 0 Å². The van der Waals surface area contributed by atoms with Gasteiger partial charge in [0.2, 0.25) is 0 Å². The Balaban J connectivity index is 1.41. The molecule has 0 aliphatic rings. The molecule has 178 valence electrons. The van der Waals surface area contributed by atoms with Crippen molar-refractivity contribution in [1.29, 1.82) is 0 Å². The van der Waals surface area contributed by atoms with Crippen molar-refractivity contribution in [3.05, 3.63) is 146 Å². The van der Waals surface area contributed by atoms with Crippen LogP contribution in [-0.4, -0.2) is 9.13 Å². The van der Waals surface area contributed by atoms with E-state index in [1.807, 2.05) is 0 Å². The van der Waals surface area contributed by atoms with E-state index in [1.54, 1.807) is 0 Å². The molecule has 2 heteroatoms. The van der Waals surface area contributed by atoms with Crippen LogP contribution in [0.2, 0.25) is 0 Å². The summed E-state index contributed by atoms with van der Waals surface area (Å²) in [4.78, 5) is 0. The van der Waals surface area contributed by atoms with Gasteiger partial charge in [-0.25, -0.2) is 0 Å². The third-order valence-electron chi connectivity index (χ3n) is 7.72. The summed E-state index contributed by atoms with van der Waals surface area (Å²) >= 11 is 0. The summed E-state index contributed by atoms with van der Waals surface area (Å²) in [5.74, 6) is 0. The minimum Gasteiger partial charge on any atom is -0.309 e. The van der Waals surface area contributed by atoms with E-state index in [4.69, 9.17) is 0 Å². The molecule has 2 nitrogen and oxygen atoms in total. The van der Waals surface area contributed by atoms with Gasteiger partial charge >= 0.3 is 0 Å². The summed E-state index contributed by atoms with van der Waals surface area (Å²) < 4.78 is 4.78. The fourth-order valence-corrected chi connectivity index (χ4v) is 6.09. The second kappa shape index (κ2) is 8.22. The van der Waals surface area contributed by atoms with Crippen LogP contribution in [0.3, 0.4) is 0 Å². The molecule has 2 heterocycles. The Morgan fingerprint density at radius 1 is 0.342 bits per heavy atom. The van der Waals surface area contributed by atoms with Crippen LogP contribution in [0.1, 0.15) is 0 Å². The molecule has 8 rings (SSSR count). The van der Waals surface area contributed by atoms with Crippen LogP contribution in [0.5, 0.6) is 0 Å². The first kappa shape index (κ1) is 21.0. The summed E-state index contributed by atoms with van der Waals surface area (Å²) in [7, 11) is 0. The van der Waals surface area contributed by atoms with Crippen molar-refractivity contribution in [1.82, 2.24) is 9.13 Å². The SMILES string of the molecule is c1ccc(-n2c3ccccc3c3cc(-c4ccccc4-n4c5ccccc5c5ccccc54)ccc32)cc1. The van der Waals surface area contributed by atoms with Gasteiger partial charge in [-0.3, -0.25) is 0 Å². The molecule has 0 radical (unpaired) electrons. The molecule has 0 fully saturated rings. The lowest BCUT2D eigenvalue weighted by Crippen LogP contribution is -1.97. The second-order valence-electron chi connectivity index (χ2n) is 9.81. The first-order valence-electron chi connectivity index (χ1n) is 13.0. The standard InChI is InChI=1S/C36H24N2/c1-2-12-26(13-3-1)37-33-19-9-7-17-30(33)31-24-25(22-23-36(31)37)27-14-4-8-18-32(27)38-34-20-10-5-15-28(34)29-16-6-11-21-35(29)38/h1-24H. The van der Waals surface area contributed by atoms with E-state index in [0.717, 1.165) is 0 Å². The highest BCUT2D eigenvalue weighted by atomic mass is 15.0. The summed E-state index contributed by atoms with van der Waals surface area (Å²) in [5, 5.41) is 5.08. The number of nitrogens with zero attached hydrogens (tertiary/aromatic N) is 2. The van der Waals surface area contributed by atoms with E-state index in [1.165, 1.54) is 66.1 Å². The van der Waals surface area contributed by atoms with E-state index >= 15 is 0 Å². The highest BCUT2D eigenvalue weighted by Gasteiger charge is 2.17. The van der Waals surface area contributed by atoms with Gasteiger partial charge in [0.1, 0.15) is 0 Å². The maximum absolute atomic E-state index is 2.41. The Bertz CT molecular complexity index is 2070. The third kappa shape index (κ3) is 3.01. The van der Waals surface area contributed by atoms with Gasteiger partial charge < -0.3 is 9.13 Å². The fraction of sp³-hybridized carbons (Fsp3) is 0. The molecule has 0 saturated heterocycles. The molecular formula is C36H24N2. The molecular weight excluding hydrogens is 460 g/mol. The van der Waals surface area contributed by atoms with Gasteiger partial charge in [0, 0.05) is 32.8 Å². The summed E-state index contributed by atoms with van der Waals surface area (Å²) in [6.45, 7) is 0. The number of benzene rings is 6. The minimum absolute atomic E-state index is 1.18. The highest BCUT2D eigenvalue weighted by Crippen LogP contribution is 2.39. The maximum atomic E-state index is 2.41. The van der Waals surface area contributed by atoms with Crippen LogP contribution in [0, 0.1) is 0 Å². The highest BCUT2D eigenvalue weighted by molar-refractivity contribution is 6.12. The molecule has 0 N–H and O–H groups in total. The zero-order valence-corrected chi connectivity index (χ0v) is 20.8. The molecule has 0 aliphatic heterocycles. The van der Waals surface area contributed by atoms with E-state index < -0.39 is 0 Å². The third-order valence-corrected chi connectivity index (χ3v) is 7.72. The molecule has 0 atom stereocenters. The van der Waals surface area contributed by atoms with Gasteiger partial charge in [-0.1, -0.05) is 97.1 Å². The van der Waals surface area contributed by atoms with Crippen LogP contribution in [0.15, 0.2) is 146 Å². The maximum Gasteiger partial charge on any atom is 0.0541 e. The van der Waals surface area contributed by atoms with Gasteiger partial charge in [-0.15, -0.1) is 0 Å². The number of hydrogen-bond acceptors (Lipinski definition) is 0. The zero-order chi connectivity index (χ0) is 25.1. The van der Waals surface area contributed by atoms with Crippen molar-refractivity contribution in [2.75, 3.05) is 0 Å². The number of para-hydroxylation sites is 5. The van der Waals surface area contributed by atoms with E-state index in [2.05, 4.69) is 155 Å². The molecule has 0 amide bonds. The second-order valence-corrected chi connectivity index (χ2v) is 9.81. The van der Waals surface area contributed by atoms with Crippen molar-refractivity contribution in [3.63, 3.8) is 0 Å². The zero-order valence-electron chi connectivity index (χ0n) is 20.8. The first-order valence-corrected chi connectivity index (χ1v) is 13.0. The number of hydrogen-bond donors (Lipinski definition) is 0. The van der Waals surface area contributed by atoms with Gasteiger partial charge in [-0.05, 0) is 54.1 Å². The lowest BCUT2D eigenvalue weighted by atomic mass is 10.0. The molecule has 0 bridgehead atoms. The Hall–Kier alpha value is -5.08. The predicted molar refractivity (Wildman–Crippen MR) is 161 cm³/mol. The van der Waals surface area contributed by atoms with Crippen molar-refractivity contribution in [2.24, 2.45) is 0 Å². The molecule has 8 aromatic rings. The molecule has 0 aliphatic carbocycles. The Morgan fingerprint density at radius 2 is 0.842 bits per heavy atom. The molecule has 6 aromatic carbocycles. The van der Waals surface area contributed by atoms with Crippen LogP contribution in [-0.2, 0) is 0 Å². The molecule has 0 unspecified atom stereocenters. The summed E-state index contributed by atoms with van der Waals surface area (Å²) in [6.07, 6.45) is 0. The van der Waals surface area contributed by atoms with Crippen LogP contribution < -0.4 is 0 Å². The Morgan fingerprint density at radius 3 is 1.53 bits per heavy atom. The van der Waals surface area contributed by atoms with E-state index in [9.17, 15) is 0 Å². The molecule has 38 heavy (non-hydrogen) atoms. The van der Waals surface area contributed by atoms with E-state index in [0.29, 0.717) is 0 Å². The topological polar surface area (TPSA) is 9.86 Å². The smallest absolute Gasteiger partial charge is 0.0541 e. The van der Waals surface area contributed by atoms with Gasteiger partial charge in [0.15, 0.2) is 0 Å². The molecule has 0 saturated carbocycles. The number of aromatic nitrogens is 2. The van der Waals surface area contributed by atoms with Gasteiger partial charge in [0.05, 0.1) is 27.8 Å². The lowest BCUT2D eigenvalue weighted by Gasteiger charge is -2.14. The summed E-state index contributed by atoms with van der Waals surface area (Å²) in [5.41, 5.74) is 9.69. The van der Waals surface area contributed by atoms with Crippen LogP contribution in [0.25, 0.3) is 66.1 Å². The van der Waals surface area contributed by atoms with Gasteiger partial charge in [-0.2, -0.15) is 0 Å². The summed E-state index contributed by atoms with van der Waals surface area (Å²) in [6, 6.07) is 52.4. The normalized spacial score (nSPS) is 11.7. The average molecular weight is 485 g/mol. The molecule has 2 aromatic heterocycles. The first-order chi connectivity index (χ1) is 18.9. The Labute approximate surface area is 220 Å². The van der Waals surface area contributed by atoms with Crippen LogP contribution in [0.4, 0.5) is 0 Å². The van der Waals surface area contributed by atoms with Crippen molar-refractivity contribution < 1.29 is 0 Å². The number of fused-ring (bicyclic) bond motifs is 6. The Kier molecular flexibility index (Phi) is 4.55. The lowest BCUT2D eigenvalue weighted by molar-refractivity contribution is 1.18. The number of rotatable bonds is 3. The van der Waals surface area contributed by atoms with Crippen molar-refractivity contribution in [3.8, 4) is 22.5 Å². The quantitative estimate of drug-likeness (QED) is 0.236. The monoisotopic (exact) mass is 484 g/mol. The molecule has 0 spiro atoms. The van der Waals surface area contributed by atoms with Crippen LogP contribution >= 0.6 is 0 Å². The van der Waals surface area contributed by atoms with Crippen molar-refractivity contribution in [2.45, 2.75) is 0 Å². The minimum atomic E-state index is 1.18. The predicted octanol–water partition coefficient (Wildman–Crippen LogP) is 9.55. The van der Waals surface area contributed by atoms with Gasteiger partial charge in [0.25, 0.3) is 0 Å². The fourth-order valence-electron chi connectivity index (χ4n) is 6.09. The average Bonchev–Trinajstić information content (AvgIpc) is 3.50. The largest absolute Gasteiger partial charge is 0.309 e.